The molecule has 4 rings (SSSR count). The van der Waals surface area contributed by atoms with Crippen molar-refractivity contribution in [1.82, 2.24) is 10.3 Å². The Morgan fingerprint density at radius 2 is 1.87 bits per heavy atom. The maximum absolute atomic E-state index is 11.5. The molecule has 0 saturated carbocycles. The van der Waals surface area contributed by atoms with Gasteiger partial charge in [-0.15, -0.1) is 0 Å². The van der Waals surface area contributed by atoms with Crippen LogP contribution in [0.2, 0.25) is 18.1 Å². The molecule has 1 aliphatic rings. The van der Waals surface area contributed by atoms with Gasteiger partial charge in [-0.2, -0.15) is 0 Å². The van der Waals surface area contributed by atoms with Crippen molar-refractivity contribution < 1.29 is 18.7 Å². The van der Waals surface area contributed by atoms with Crippen molar-refractivity contribution in [3.63, 3.8) is 0 Å². The molecule has 3 aromatic rings. The molecule has 0 saturated heterocycles. The van der Waals surface area contributed by atoms with E-state index in [1.807, 2.05) is 48.5 Å². The summed E-state index contributed by atoms with van der Waals surface area (Å²) in [7, 11) is -1.97. The van der Waals surface area contributed by atoms with Crippen LogP contribution in [0.25, 0.3) is 11.1 Å². The predicted octanol–water partition coefficient (Wildman–Crippen LogP) is 5.60. The first-order chi connectivity index (χ1) is 18.5. The van der Waals surface area contributed by atoms with E-state index in [1.165, 1.54) is 0 Å². The number of ether oxygens (including phenoxy) is 2. The number of amides is 1. The summed E-state index contributed by atoms with van der Waals surface area (Å²) in [5.74, 6) is 1.23. The molecule has 2 heterocycles. The van der Waals surface area contributed by atoms with Gasteiger partial charge in [-0.25, -0.2) is 0 Å². The van der Waals surface area contributed by atoms with Gasteiger partial charge >= 0.3 is 0 Å². The Morgan fingerprint density at radius 1 is 1.13 bits per heavy atom. The highest BCUT2D eigenvalue weighted by Gasteiger charge is 2.39. The minimum atomic E-state index is -1.97. The Kier molecular flexibility index (Phi) is 9.10. The summed E-state index contributed by atoms with van der Waals surface area (Å²) in [4.78, 5) is 15.6. The maximum atomic E-state index is 11.5. The number of rotatable bonds is 11. The lowest BCUT2D eigenvalue weighted by Crippen LogP contribution is -2.49. The average molecular weight is 548 g/mol. The van der Waals surface area contributed by atoms with Crippen LogP contribution in [0, 0.1) is 0 Å². The van der Waals surface area contributed by atoms with E-state index in [-0.39, 0.29) is 22.9 Å². The molecule has 0 bridgehead atoms. The summed E-state index contributed by atoms with van der Waals surface area (Å²) in [5, 5.41) is 3.71. The SMILES string of the molecule is CC(C)(C)[Si](C)(C)OC(CNCC1CCc2cc(-c3ccnc(C(N)=O)c3)ccc2O1)COc1ccccc1. The van der Waals surface area contributed by atoms with Crippen LogP contribution in [0.1, 0.15) is 43.2 Å². The lowest BCUT2D eigenvalue weighted by atomic mass is 9.97. The van der Waals surface area contributed by atoms with E-state index >= 15 is 0 Å². The minimum absolute atomic E-state index is 0.0600. The Morgan fingerprint density at radius 3 is 2.59 bits per heavy atom. The fourth-order valence-corrected chi connectivity index (χ4v) is 5.69. The molecule has 0 radical (unpaired) electrons. The van der Waals surface area contributed by atoms with Crippen LogP contribution in [-0.2, 0) is 10.8 Å². The van der Waals surface area contributed by atoms with Gasteiger partial charge in [-0.05, 0) is 84.1 Å². The molecule has 1 amide bonds. The van der Waals surface area contributed by atoms with Crippen LogP contribution in [0.15, 0.2) is 66.9 Å². The second kappa shape index (κ2) is 12.3. The normalized spacial score (nSPS) is 16.2. The van der Waals surface area contributed by atoms with E-state index in [0.29, 0.717) is 13.2 Å². The number of pyridine rings is 1. The second-order valence-electron chi connectivity index (χ2n) is 11.7. The first-order valence-corrected chi connectivity index (χ1v) is 16.5. The summed E-state index contributed by atoms with van der Waals surface area (Å²) in [5.41, 5.74) is 8.75. The van der Waals surface area contributed by atoms with Crippen molar-refractivity contribution in [1.29, 1.82) is 0 Å². The van der Waals surface area contributed by atoms with Crippen LogP contribution in [0.5, 0.6) is 11.5 Å². The number of primary amides is 1. The molecule has 1 aliphatic heterocycles. The van der Waals surface area contributed by atoms with Gasteiger partial charge in [0.15, 0.2) is 8.32 Å². The Bertz CT molecular complexity index is 1260. The van der Waals surface area contributed by atoms with Gasteiger partial charge < -0.3 is 25.0 Å². The number of hydrogen-bond acceptors (Lipinski definition) is 6. The Balaban J connectivity index is 1.35. The van der Waals surface area contributed by atoms with Gasteiger partial charge in [-0.1, -0.05) is 45.0 Å². The zero-order valence-corrected chi connectivity index (χ0v) is 24.7. The van der Waals surface area contributed by atoms with Crippen LogP contribution in [-0.4, -0.2) is 51.1 Å². The first-order valence-electron chi connectivity index (χ1n) is 13.6. The number of carbonyl (C=O) groups is 1. The monoisotopic (exact) mass is 547 g/mol. The smallest absolute Gasteiger partial charge is 0.267 e. The van der Waals surface area contributed by atoms with Crippen molar-refractivity contribution in [3.8, 4) is 22.6 Å². The van der Waals surface area contributed by atoms with Crippen molar-refractivity contribution in [2.24, 2.45) is 5.73 Å². The predicted molar refractivity (Wildman–Crippen MR) is 158 cm³/mol. The zero-order chi connectivity index (χ0) is 28.0. The van der Waals surface area contributed by atoms with E-state index in [1.54, 1.807) is 12.3 Å². The third-order valence-corrected chi connectivity index (χ3v) is 12.2. The minimum Gasteiger partial charge on any atom is -0.491 e. The van der Waals surface area contributed by atoms with Crippen molar-refractivity contribution in [2.75, 3.05) is 19.7 Å². The average Bonchev–Trinajstić information content (AvgIpc) is 2.91. The Hall–Kier alpha value is -3.20. The third kappa shape index (κ3) is 7.68. The number of nitrogens with one attached hydrogen (secondary N) is 1. The summed E-state index contributed by atoms with van der Waals surface area (Å²) in [6.45, 7) is 13.2. The van der Waals surface area contributed by atoms with E-state index < -0.39 is 14.2 Å². The summed E-state index contributed by atoms with van der Waals surface area (Å²) in [6.07, 6.45) is 3.47. The van der Waals surface area contributed by atoms with Gasteiger partial charge in [-0.3, -0.25) is 9.78 Å². The molecule has 1 aromatic heterocycles. The van der Waals surface area contributed by atoms with Crippen LogP contribution >= 0.6 is 0 Å². The number of para-hydroxylation sites is 1. The number of benzene rings is 2. The van der Waals surface area contributed by atoms with Crippen LogP contribution in [0.3, 0.4) is 0 Å². The van der Waals surface area contributed by atoms with Gasteiger partial charge in [0.05, 0.1) is 6.10 Å². The molecular weight excluding hydrogens is 506 g/mol. The third-order valence-electron chi connectivity index (χ3n) is 7.63. The fraction of sp³-hybridized carbons (Fsp3) is 0.419. The quantitative estimate of drug-likeness (QED) is 0.304. The number of aryl methyl sites for hydroxylation is 1. The molecule has 8 heteroatoms. The maximum Gasteiger partial charge on any atom is 0.267 e. The first kappa shape index (κ1) is 28.8. The molecule has 0 fully saturated rings. The molecule has 0 aliphatic carbocycles. The number of hydrogen-bond donors (Lipinski definition) is 2. The van der Waals surface area contributed by atoms with E-state index in [2.05, 4.69) is 50.2 Å². The van der Waals surface area contributed by atoms with Crippen molar-refractivity contribution >= 4 is 14.2 Å². The molecular formula is C31H41N3O4Si. The summed E-state index contributed by atoms with van der Waals surface area (Å²) < 4.78 is 19.1. The van der Waals surface area contributed by atoms with Gasteiger partial charge in [0.2, 0.25) is 0 Å². The van der Waals surface area contributed by atoms with Crippen molar-refractivity contribution in [3.05, 3.63) is 78.1 Å². The molecule has 208 valence electrons. The van der Waals surface area contributed by atoms with E-state index in [0.717, 1.165) is 47.6 Å². The number of nitrogens with two attached hydrogens (primary N) is 1. The highest BCUT2D eigenvalue weighted by molar-refractivity contribution is 6.74. The van der Waals surface area contributed by atoms with Gasteiger partial charge in [0.1, 0.15) is 29.9 Å². The number of carbonyl (C=O) groups excluding carboxylic acids is 1. The molecule has 2 aromatic carbocycles. The van der Waals surface area contributed by atoms with Gasteiger partial charge in [0, 0.05) is 19.3 Å². The molecule has 39 heavy (non-hydrogen) atoms. The van der Waals surface area contributed by atoms with Crippen LogP contribution < -0.4 is 20.5 Å². The molecule has 7 nitrogen and oxygen atoms in total. The summed E-state index contributed by atoms with van der Waals surface area (Å²) in [6, 6.07) is 19.7. The lowest BCUT2D eigenvalue weighted by molar-refractivity contribution is 0.0995. The molecule has 0 spiro atoms. The fourth-order valence-electron chi connectivity index (χ4n) is 4.35. The molecule has 2 unspecified atom stereocenters. The van der Waals surface area contributed by atoms with Crippen LogP contribution in [0.4, 0.5) is 0 Å². The number of aromatic nitrogens is 1. The largest absolute Gasteiger partial charge is 0.491 e. The topological polar surface area (TPSA) is 95.7 Å². The molecule has 2 atom stereocenters. The zero-order valence-electron chi connectivity index (χ0n) is 23.7. The highest BCUT2D eigenvalue weighted by Crippen LogP contribution is 2.37. The second-order valence-corrected chi connectivity index (χ2v) is 16.4. The number of nitrogens with zero attached hydrogens (tertiary/aromatic N) is 1. The van der Waals surface area contributed by atoms with E-state index in [4.69, 9.17) is 19.6 Å². The van der Waals surface area contributed by atoms with E-state index in [9.17, 15) is 4.79 Å². The Labute approximate surface area is 233 Å². The summed E-state index contributed by atoms with van der Waals surface area (Å²) >= 11 is 0. The standard InChI is InChI=1S/C31H41N3O4Si/c1-31(2,3)39(4,5)38-27(21-36-25-9-7-6-8-10-25)20-33-19-26-13-11-24-17-22(12-14-29(24)37-26)23-15-16-34-28(18-23)30(32)35/h6-10,12,14-18,26-27,33H,11,13,19-21H2,1-5H3,(H2,32,35). The van der Waals surface area contributed by atoms with Gasteiger partial charge in [0.25, 0.3) is 5.91 Å². The molecule has 3 N–H and O–H groups in total. The highest BCUT2D eigenvalue weighted by atomic mass is 28.4. The number of fused-ring (bicyclic) bond motifs is 1. The lowest BCUT2D eigenvalue weighted by Gasteiger charge is -2.39. The van der Waals surface area contributed by atoms with Crippen molar-refractivity contribution in [2.45, 2.75) is 64.0 Å².